The van der Waals surface area contributed by atoms with Crippen LogP contribution in [0.25, 0.3) is 6.08 Å². The fourth-order valence-electron chi connectivity index (χ4n) is 2.98. The Labute approximate surface area is 182 Å². The molecule has 0 radical (unpaired) electrons. The van der Waals surface area contributed by atoms with Crippen molar-refractivity contribution in [3.8, 4) is 24.5 Å². The average Bonchev–Trinajstić information content (AvgIpc) is 2.61. The second-order valence-corrected chi connectivity index (χ2v) is 7.86. The smallest absolute Gasteiger partial charge is 0.145 e. The van der Waals surface area contributed by atoms with Crippen molar-refractivity contribution >= 4 is 6.08 Å². The Bertz CT molecular complexity index is 971. The Morgan fingerprint density at radius 1 is 0.833 bits per heavy atom. The fraction of sp³-hybridized carbons (Fsp3) is 0.333. The van der Waals surface area contributed by atoms with E-state index in [2.05, 4.69) is 71.7 Å². The van der Waals surface area contributed by atoms with E-state index in [-0.39, 0.29) is 0 Å². The highest BCUT2D eigenvalue weighted by molar-refractivity contribution is 5.60. The van der Waals surface area contributed by atoms with Gasteiger partial charge in [0.05, 0.1) is 12.1 Å². The highest BCUT2D eigenvalue weighted by Crippen LogP contribution is 2.17. The van der Waals surface area contributed by atoms with E-state index in [0.717, 1.165) is 11.1 Å². The normalized spacial score (nSPS) is 9.93. The molecule has 3 heteroatoms. The molecule has 0 heterocycles. The zero-order chi connectivity index (χ0) is 23.5. The molecule has 0 spiro atoms. The minimum Gasteiger partial charge on any atom is -0.376 e. The Kier molecular flexibility index (Phi) is 10.9. The van der Waals surface area contributed by atoms with Crippen LogP contribution in [-0.2, 0) is 0 Å². The van der Waals surface area contributed by atoms with Crippen molar-refractivity contribution < 1.29 is 5.11 Å². The van der Waals surface area contributed by atoms with Crippen LogP contribution < -0.4 is 0 Å². The van der Waals surface area contributed by atoms with Gasteiger partial charge < -0.3 is 5.11 Å². The number of terminal acetylenes is 1. The van der Waals surface area contributed by atoms with E-state index in [9.17, 15) is 0 Å². The van der Waals surface area contributed by atoms with Crippen molar-refractivity contribution in [1.82, 2.24) is 0 Å². The summed E-state index contributed by atoms with van der Waals surface area (Å²) < 4.78 is 0. The summed E-state index contributed by atoms with van der Waals surface area (Å²) >= 11 is 0. The third-order valence-electron chi connectivity index (χ3n) is 4.16. The van der Waals surface area contributed by atoms with Crippen molar-refractivity contribution in [3.05, 3.63) is 74.8 Å². The summed E-state index contributed by atoms with van der Waals surface area (Å²) in [4.78, 5) is 0. The van der Waals surface area contributed by atoms with Gasteiger partial charge in [0.25, 0.3) is 0 Å². The van der Waals surface area contributed by atoms with Crippen LogP contribution in [0.5, 0.6) is 0 Å². The Morgan fingerprint density at radius 3 is 1.50 bits per heavy atom. The minimum atomic E-state index is -1.15. The van der Waals surface area contributed by atoms with Gasteiger partial charge in [0.1, 0.15) is 5.60 Å². The fourth-order valence-corrected chi connectivity index (χ4v) is 2.98. The number of allylic oxidation sites excluding steroid dienone is 1. The molecule has 0 saturated carbocycles. The standard InChI is InChI=1S/C12H13N.C11H12.C4H7NO/c1-9-7-10(2)12(5-4-6-13)11(3)8-9;1-5-11-9(3)6-8(2)7-10(11)4;1-4(2,6)3-5/h4-5,7-8H,1-3H3;1,6-7H,2-4H3;6H,1-2H3/b5-4+;;. The van der Waals surface area contributed by atoms with E-state index < -0.39 is 5.60 Å². The van der Waals surface area contributed by atoms with Gasteiger partial charge in [-0.1, -0.05) is 41.3 Å². The minimum absolute atomic E-state index is 1.04. The molecular weight excluding hydrogens is 368 g/mol. The molecule has 0 saturated heterocycles. The SMILES string of the molecule is C#Cc1c(C)cc(C)cc1C.CC(C)(O)C#N.Cc1cc(C)c(/C=C/C#N)c(C)c1. The molecule has 0 aliphatic carbocycles. The van der Waals surface area contributed by atoms with E-state index in [1.807, 2.05) is 12.1 Å². The summed E-state index contributed by atoms with van der Waals surface area (Å²) in [6.07, 6.45) is 8.74. The van der Waals surface area contributed by atoms with Crippen LogP contribution in [-0.4, -0.2) is 10.7 Å². The molecule has 2 rings (SSSR count). The second-order valence-electron chi connectivity index (χ2n) is 7.86. The van der Waals surface area contributed by atoms with E-state index in [1.165, 1.54) is 53.3 Å². The highest BCUT2D eigenvalue weighted by Gasteiger charge is 2.07. The first-order chi connectivity index (χ1) is 13.9. The van der Waals surface area contributed by atoms with Gasteiger partial charge in [0.2, 0.25) is 0 Å². The van der Waals surface area contributed by atoms with Crippen molar-refractivity contribution in [1.29, 1.82) is 10.5 Å². The van der Waals surface area contributed by atoms with Crippen LogP contribution in [0, 0.1) is 76.5 Å². The van der Waals surface area contributed by atoms with Gasteiger partial charge in [-0.3, -0.25) is 0 Å². The molecule has 30 heavy (non-hydrogen) atoms. The van der Waals surface area contributed by atoms with Gasteiger partial charge in [-0.2, -0.15) is 10.5 Å². The molecule has 0 unspecified atom stereocenters. The number of nitriles is 2. The monoisotopic (exact) mass is 400 g/mol. The summed E-state index contributed by atoms with van der Waals surface area (Å²) in [5.74, 6) is 2.69. The predicted molar refractivity (Wildman–Crippen MR) is 126 cm³/mol. The van der Waals surface area contributed by atoms with Crippen LogP contribution in [0.3, 0.4) is 0 Å². The number of hydrogen-bond acceptors (Lipinski definition) is 3. The summed E-state index contributed by atoms with van der Waals surface area (Å²) in [7, 11) is 0. The van der Waals surface area contributed by atoms with E-state index in [0.29, 0.717) is 0 Å². The third kappa shape index (κ3) is 9.75. The average molecular weight is 401 g/mol. The molecule has 156 valence electrons. The maximum absolute atomic E-state index is 8.47. The first kappa shape index (κ1) is 26.7. The molecule has 0 atom stereocenters. The van der Waals surface area contributed by atoms with Gasteiger partial charge in [-0.25, -0.2) is 0 Å². The maximum atomic E-state index is 8.47. The maximum Gasteiger partial charge on any atom is 0.145 e. The van der Waals surface area contributed by atoms with Crippen LogP contribution in [0.1, 0.15) is 58.4 Å². The molecule has 0 fully saturated rings. The first-order valence-electron chi connectivity index (χ1n) is 9.68. The number of rotatable bonds is 1. The number of aliphatic hydroxyl groups is 1. The van der Waals surface area contributed by atoms with Crippen molar-refractivity contribution in [2.75, 3.05) is 0 Å². The lowest BCUT2D eigenvalue weighted by atomic mass is 10.00. The zero-order valence-corrected chi connectivity index (χ0v) is 19.4. The van der Waals surface area contributed by atoms with Gasteiger partial charge in [-0.15, -0.1) is 6.42 Å². The number of nitrogens with zero attached hydrogens (tertiary/aromatic N) is 2. The van der Waals surface area contributed by atoms with Crippen LogP contribution >= 0.6 is 0 Å². The topological polar surface area (TPSA) is 67.8 Å². The molecule has 0 aliphatic heterocycles. The van der Waals surface area contributed by atoms with Gasteiger partial charge in [0.15, 0.2) is 0 Å². The third-order valence-corrected chi connectivity index (χ3v) is 4.16. The summed E-state index contributed by atoms with van der Waals surface area (Å²) in [5.41, 5.74) is 8.44. The van der Waals surface area contributed by atoms with Gasteiger partial charge >= 0.3 is 0 Å². The molecule has 0 aromatic heterocycles. The predicted octanol–water partition coefficient (Wildman–Crippen LogP) is 6.02. The Balaban J connectivity index is 0.000000450. The van der Waals surface area contributed by atoms with Crippen LogP contribution in [0.4, 0.5) is 0 Å². The van der Waals surface area contributed by atoms with Crippen molar-refractivity contribution in [2.45, 2.75) is 61.0 Å². The molecular formula is C27H32N2O. The largest absolute Gasteiger partial charge is 0.376 e. The van der Waals surface area contributed by atoms with Crippen molar-refractivity contribution in [3.63, 3.8) is 0 Å². The second kappa shape index (κ2) is 12.3. The lowest BCUT2D eigenvalue weighted by Gasteiger charge is -2.06. The van der Waals surface area contributed by atoms with Crippen LogP contribution in [0.15, 0.2) is 30.3 Å². The Hall–Kier alpha value is -3.32. The van der Waals surface area contributed by atoms with E-state index in [1.54, 1.807) is 6.07 Å². The van der Waals surface area contributed by atoms with E-state index in [4.69, 9.17) is 22.1 Å². The first-order valence-corrected chi connectivity index (χ1v) is 9.68. The van der Waals surface area contributed by atoms with Crippen molar-refractivity contribution in [2.24, 2.45) is 0 Å². The van der Waals surface area contributed by atoms with Crippen LogP contribution in [0.2, 0.25) is 0 Å². The summed E-state index contributed by atoms with van der Waals surface area (Å²) in [6, 6.07) is 12.1. The summed E-state index contributed by atoms with van der Waals surface area (Å²) in [5, 5.41) is 24.8. The van der Waals surface area contributed by atoms with Gasteiger partial charge in [0, 0.05) is 11.6 Å². The highest BCUT2D eigenvalue weighted by atomic mass is 16.3. The molecule has 0 bridgehead atoms. The van der Waals surface area contributed by atoms with E-state index >= 15 is 0 Å². The molecule has 2 aromatic carbocycles. The zero-order valence-electron chi connectivity index (χ0n) is 19.4. The molecule has 0 aliphatic rings. The lowest BCUT2D eigenvalue weighted by molar-refractivity contribution is 0.141. The molecule has 0 amide bonds. The quantitative estimate of drug-likeness (QED) is 0.361. The lowest BCUT2D eigenvalue weighted by Crippen LogP contribution is -2.13. The summed E-state index contributed by atoms with van der Waals surface area (Å²) in [6.45, 7) is 15.3. The molecule has 1 N–H and O–H groups in total. The van der Waals surface area contributed by atoms with Gasteiger partial charge in [-0.05, 0) is 89.3 Å². The number of aryl methyl sites for hydroxylation is 6. The molecule has 2 aromatic rings. The molecule has 3 nitrogen and oxygen atoms in total. The Morgan fingerprint density at radius 2 is 1.20 bits per heavy atom. The number of benzene rings is 2. The number of hydrogen-bond donors (Lipinski definition) is 1.